The zero-order valence-corrected chi connectivity index (χ0v) is 13.6. The maximum atomic E-state index is 9.25. The number of anilines is 1. The standard InChI is InChI=1S/C17H21N5O/c1-13-14(2)23-16(20-13)12-21-7-4-8-22(10-9-21)17-15(11-18)5-3-6-19-17/h3,5-6H,4,7-10,12H2,1-2H3. The molecule has 2 aromatic heterocycles. The Kier molecular flexibility index (Phi) is 4.58. The summed E-state index contributed by atoms with van der Waals surface area (Å²) in [5.41, 5.74) is 1.60. The Labute approximate surface area is 136 Å². The molecule has 0 spiro atoms. The highest BCUT2D eigenvalue weighted by Crippen LogP contribution is 2.19. The van der Waals surface area contributed by atoms with Gasteiger partial charge in [-0.05, 0) is 32.4 Å². The molecule has 0 atom stereocenters. The van der Waals surface area contributed by atoms with Gasteiger partial charge in [-0.2, -0.15) is 5.26 Å². The molecular weight excluding hydrogens is 290 g/mol. The molecule has 1 aliphatic rings. The SMILES string of the molecule is Cc1nc(CN2CCCN(c3ncccc3C#N)CC2)oc1C. The third-order valence-corrected chi connectivity index (χ3v) is 4.23. The van der Waals surface area contributed by atoms with Crippen molar-refractivity contribution in [2.45, 2.75) is 26.8 Å². The number of aromatic nitrogens is 2. The smallest absolute Gasteiger partial charge is 0.208 e. The van der Waals surface area contributed by atoms with E-state index in [0.29, 0.717) is 5.56 Å². The summed E-state index contributed by atoms with van der Waals surface area (Å²) in [7, 11) is 0. The Morgan fingerprint density at radius 2 is 2.13 bits per heavy atom. The van der Waals surface area contributed by atoms with Gasteiger partial charge in [0.1, 0.15) is 17.6 Å². The van der Waals surface area contributed by atoms with Crippen LogP contribution in [0.1, 0.15) is 29.3 Å². The lowest BCUT2D eigenvalue weighted by Gasteiger charge is -2.22. The molecule has 0 unspecified atom stereocenters. The first-order valence-electron chi connectivity index (χ1n) is 7.92. The molecule has 0 aliphatic carbocycles. The van der Waals surface area contributed by atoms with Crippen molar-refractivity contribution in [2.75, 3.05) is 31.1 Å². The topological polar surface area (TPSA) is 69.2 Å². The van der Waals surface area contributed by atoms with Gasteiger partial charge in [-0.25, -0.2) is 9.97 Å². The van der Waals surface area contributed by atoms with Gasteiger partial charge >= 0.3 is 0 Å². The van der Waals surface area contributed by atoms with Gasteiger partial charge < -0.3 is 9.32 Å². The molecule has 3 heterocycles. The summed E-state index contributed by atoms with van der Waals surface area (Å²) in [6.45, 7) is 8.30. The van der Waals surface area contributed by atoms with Crippen LogP contribution in [0.25, 0.3) is 0 Å². The van der Waals surface area contributed by atoms with Crippen LogP contribution in [0, 0.1) is 25.2 Å². The monoisotopic (exact) mass is 311 g/mol. The lowest BCUT2D eigenvalue weighted by Crippen LogP contribution is -2.31. The van der Waals surface area contributed by atoms with Gasteiger partial charge in [0.2, 0.25) is 5.89 Å². The highest BCUT2D eigenvalue weighted by Gasteiger charge is 2.19. The fraction of sp³-hybridized carbons (Fsp3) is 0.471. The second-order valence-corrected chi connectivity index (χ2v) is 5.85. The summed E-state index contributed by atoms with van der Waals surface area (Å²) in [6.07, 6.45) is 2.78. The molecule has 1 fully saturated rings. The number of hydrogen-bond donors (Lipinski definition) is 0. The van der Waals surface area contributed by atoms with Gasteiger partial charge in [0.25, 0.3) is 0 Å². The van der Waals surface area contributed by atoms with Gasteiger partial charge in [-0.15, -0.1) is 0 Å². The van der Waals surface area contributed by atoms with Crippen molar-refractivity contribution in [3.8, 4) is 6.07 Å². The second-order valence-electron chi connectivity index (χ2n) is 5.85. The maximum Gasteiger partial charge on any atom is 0.208 e. The third kappa shape index (κ3) is 3.51. The van der Waals surface area contributed by atoms with Gasteiger partial charge in [0.05, 0.1) is 17.8 Å². The molecule has 3 rings (SSSR count). The highest BCUT2D eigenvalue weighted by atomic mass is 16.4. The first-order chi connectivity index (χ1) is 11.2. The molecule has 6 heteroatoms. The van der Waals surface area contributed by atoms with Crippen LogP contribution in [-0.4, -0.2) is 41.0 Å². The molecule has 0 N–H and O–H groups in total. The maximum absolute atomic E-state index is 9.25. The normalized spacial score (nSPS) is 16.1. The van der Waals surface area contributed by atoms with Gasteiger partial charge in [0.15, 0.2) is 0 Å². The minimum absolute atomic E-state index is 0.639. The van der Waals surface area contributed by atoms with Crippen LogP contribution < -0.4 is 4.90 Å². The summed E-state index contributed by atoms with van der Waals surface area (Å²) in [4.78, 5) is 13.4. The molecule has 0 saturated carbocycles. The van der Waals surface area contributed by atoms with Crippen molar-refractivity contribution in [3.63, 3.8) is 0 Å². The van der Waals surface area contributed by atoms with Crippen LogP contribution in [0.15, 0.2) is 22.7 Å². The minimum Gasteiger partial charge on any atom is -0.444 e. The van der Waals surface area contributed by atoms with E-state index in [1.165, 1.54) is 0 Å². The largest absolute Gasteiger partial charge is 0.444 e. The minimum atomic E-state index is 0.639. The summed E-state index contributed by atoms with van der Waals surface area (Å²) in [6, 6.07) is 5.86. The quantitative estimate of drug-likeness (QED) is 0.866. The zero-order chi connectivity index (χ0) is 16.2. The van der Waals surface area contributed by atoms with Gasteiger partial charge in [-0.1, -0.05) is 0 Å². The van der Waals surface area contributed by atoms with E-state index < -0.39 is 0 Å². The molecule has 0 bridgehead atoms. The van der Waals surface area contributed by atoms with Crippen molar-refractivity contribution in [2.24, 2.45) is 0 Å². The molecule has 2 aromatic rings. The van der Waals surface area contributed by atoms with E-state index in [1.807, 2.05) is 19.9 Å². The lowest BCUT2D eigenvalue weighted by molar-refractivity contribution is 0.253. The molecule has 120 valence electrons. The molecule has 23 heavy (non-hydrogen) atoms. The van der Waals surface area contributed by atoms with E-state index in [2.05, 4.69) is 25.8 Å². The van der Waals surface area contributed by atoms with Crippen molar-refractivity contribution in [1.29, 1.82) is 5.26 Å². The Morgan fingerprint density at radius 3 is 2.87 bits per heavy atom. The van der Waals surface area contributed by atoms with Crippen LogP contribution >= 0.6 is 0 Å². The van der Waals surface area contributed by atoms with E-state index in [0.717, 1.165) is 62.3 Å². The van der Waals surface area contributed by atoms with E-state index >= 15 is 0 Å². The van der Waals surface area contributed by atoms with E-state index in [4.69, 9.17) is 4.42 Å². The van der Waals surface area contributed by atoms with Crippen LogP contribution in [0.4, 0.5) is 5.82 Å². The zero-order valence-electron chi connectivity index (χ0n) is 13.6. The molecule has 0 aromatic carbocycles. The number of nitrogens with zero attached hydrogens (tertiary/aromatic N) is 5. The first kappa shape index (κ1) is 15.5. The average molecular weight is 311 g/mol. The predicted molar refractivity (Wildman–Crippen MR) is 87.0 cm³/mol. The first-order valence-corrected chi connectivity index (χ1v) is 7.92. The molecule has 1 aliphatic heterocycles. The van der Waals surface area contributed by atoms with Crippen LogP contribution in [-0.2, 0) is 6.54 Å². The summed E-state index contributed by atoms with van der Waals surface area (Å²) >= 11 is 0. The van der Waals surface area contributed by atoms with Gasteiger partial charge in [-0.3, -0.25) is 4.90 Å². The number of aryl methyl sites for hydroxylation is 2. The van der Waals surface area contributed by atoms with Crippen molar-refractivity contribution in [1.82, 2.24) is 14.9 Å². The van der Waals surface area contributed by atoms with Crippen molar-refractivity contribution < 1.29 is 4.42 Å². The Bertz CT molecular complexity index is 699. The predicted octanol–water partition coefficient (Wildman–Crippen LogP) is 2.27. The number of rotatable bonds is 3. The van der Waals surface area contributed by atoms with E-state index in [-0.39, 0.29) is 0 Å². The number of pyridine rings is 1. The molecule has 6 nitrogen and oxygen atoms in total. The van der Waals surface area contributed by atoms with Crippen LogP contribution in [0.5, 0.6) is 0 Å². The van der Waals surface area contributed by atoms with E-state index in [1.54, 1.807) is 12.3 Å². The lowest BCUT2D eigenvalue weighted by atomic mass is 10.2. The molecule has 0 amide bonds. The number of nitriles is 1. The fourth-order valence-corrected chi connectivity index (χ4v) is 2.88. The molecule has 1 saturated heterocycles. The Balaban J connectivity index is 1.66. The van der Waals surface area contributed by atoms with Crippen LogP contribution in [0.3, 0.4) is 0 Å². The Morgan fingerprint density at radius 1 is 1.26 bits per heavy atom. The van der Waals surface area contributed by atoms with Crippen molar-refractivity contribution in [3.05, 3.63) is 41.2 Å². The third-order valence-electron chi connectivity index (χ3n) is 4.23. The summed E-state index contributed by atoms with van der Waals surface area (Å²) < 4.78 is 5.68. The summed E-state index contributed by atoms with van der Waals surface area (Å²) in [5.74, 6) is 2.47. The van der Waals surface area contributed by atoms with Crippen molar-refractivity contribution >= 4 is 5.82 Å². The molecular formula is C17H21N5O. The van der Waals surface area contributed by atoms with Gasteiger partial charge in [0, 0.05) is 32.4 Å². The fourth-order valence-electron chi connectivity index (χ4n) is 2.88. The average Bonchev–Trinajstić information content (AvgIpc) is 2.76. The second kappa shape index (κ2) is 6.80. The molecule has 0 radical (unpaired) electrons. The van der Waals surface area contributed by atoms with Crippen LogP contribution in [0.2, 0.25) is 0 Å². The summed E-state index contributed by atoms with van der Waals surface area (Å²) in [5, 5.41) is 9.25. The number of oxazole rings is 1. The van der Waals surface area contributed by atoms with E-state index in [9.17, 15) is 5.26 Å². The Hall–Kier alpha value is -2.39. The number of hydrogen-bond acceptors (Lipinski definition) is 6. The highest BCUT2D eigenvalue weighted by molar-refractivity contribution is 5.53.